The van der Waals surface area contributed by atoms with Gasteiger partial charge in [0.15, 0.2) is 0 Å². The van der Waals surface area contributed by atoms with Crippen LogP contribution < -0.4 is 0 Å². The van der Waals surface area contributed by atoms with Crippen molar-refractivity contribution in [2.24, 2.45) is 0 Å². The van der Waals surface area contributed by atoms with E-state index < -0.39 is 0 Å². The third kappa shape index (κ3) is 4.48. The third-order valence-corrected chi connectivity index (χ3v) is 11.8. The normalized spacial score (nSPS) is 12.0. The van der Waals surface area contributed by atoms with E-state index in [-0.39, 0.29) is 0 Å². The zero-order valence-electron chi connectivity index (χ0n) is 29.9. The van der Waals surface area contributed by atoms with E-state index in [1.54, 1.807) is 0 Å². The lowest BCUT2D eigenvalue weighted by Crippen LogP contribution is -1.93. The maximum atomic E-state index is 6.58. The Morgan fingerprint density at radius 3 is 1.45 bits per heavy atom. The average molecular weight is 697 g/mol. The summed E-state index contributed by atoms with van der Waals surface area (Å²) in [5.41, 5.74) is 9.36. The summed E-state index contributed by atoms with van der Waals surface area (Å²) in [6.07, 6.45) is 0. The second kappa shape index (κ2) is 11.6. The van der Waals surface area contributed by atoms with Crippen LogP contribution in [0.1, 0.15) is 0 Å². The summed E-state index contributed by atoms with van der Waals surface area (Å²) in [4.78, 5) is 0. The lowest BCUT2D eigenvalue weighted by Gasteiger charge is -2.20. The lowest BCUT2D eigenvalue weighted by molar-refractivity contribution is 0.673. The SMILES string of the molecule is c1ccc2cc3c(cc2c1)oc1c2ccc(-c4ccc(-c5c6ccccc6c(-c6cccc7ccccc67)c6ccccc56)c5ccccc45)cc2ccc31. The van der Waals surface area contributed by atoms with Crippen molar-refractivity contribution in [3.05, 3.63) is 194 Å². The zero-order valence-corrected chi connectivity index (χ0v) is 29.9. The van der Waals surface area contributed by atoms with Crippen molar-refractivity contribution in [2.75, 3.05) is 0 Å². The first-order chi connectivity index (χ1) is 27.3. The second-order valence-corrected chi connectivity index (χ2v) is 14.7. The minimum atomic E-state index is 0.928. The molecule has 12 rings (SSSR count). The van der Waals surface area contributed by atoms with Crippen LogP contribution in [0.5, 0.6) is 0 Å². The molecule has 0 saturated carbocycles. The second-order valence-electron chi connectivity index (χ2n) is 14.7. The molecule has 12 aromatic rings. The molecule has 0 unspecified atom stereocenters. The molecule has 1 heteroatoms. The zero-order chi connectivity index (χ0) is 36.0. The average Bonchev–Trinajstić information content (AvgIpc) is 3.62. The van der Waals surface area contributed by atoms with Crippen LogP contribution in [0.25, 0.3) is 120 Å². The van der Waals surface area contributed by atoms with Crippen LogP contribution in [0, 0.1) is 0 Å². The summed E-state index contributed by atoms with van der Waals surface area (Å²) < 4.78 is 6.58. The van der Waals surface area contributed by atoms with E-state index in [4.69, 9.17) is 4.42 Å². The molecule has 1 nitrogen and oxygen atoms in total. The highest BCUT2D eigenvalue weighted by Gasteiger charge is 2.20. The smallest absolute Gasteiger partial charge is 0.143 e. The lowest BCUT2D eigenvalue weighted by atomic mass is 9.83. The summed E-state index contributed by atoms with van der Waals surface area (Å²) in [7, 11) is 0. The highest BCUT2D eigenvalue weighted by Crippen LogP contribution is 2.48. The van der Waals surface area contributed by atoms with Gasteiger partial charge < -0.3 is 4.42 Å². The predicted molar refractivity (Wildman–Crippen MR) is 235 cm³/mol. The minimum Gasteiger partial charge on any atom is -0.455 e. The molecule has 1 heterocycles. The summed E-state index contributed by atoms with van der Waals surface area (Å²) in [6, 6.07) is 71.1. The summed E-state index contributed by atoms with van der Waals surface area (Å²) in [5, 5.41) is 17.1. The molecular formula is C54H32O. The first-order valence-corrected chi connectivity index (χ1v) is 19.0. The number of rotatable bonds is 3. The van der Waals surface area contributed by atoms with Gasteiger partial charge in [0, 0.05) is 16.2 Å². The highest BCUT2D eigenvalue weighted by molar-refractivity contribution is 6.26. The Kier molecular flexibility index (Phi) is 6.40. The van der Waals surface area contributed by atoms with Crippen LogP contribution in [0.2, 0.25) is 0 Å². The van der Waals surface area contributed by atoms with Crippen molar-refractivity contribution in [3.8, 4) is 33.4 Å². The van der Waals surface area contributed by atoms with E-state index in [0.29, 0.717) is 0 Å². The Morgan fingerprint density at radius 1 is 0.255 bits per heavy atom. The van der Waals surface area contributed by atoms with Gasteiger partial charge in [0.05, 0.1) is 0 Å². The van der Waals surface area contributed by atoms with E-state index in [1.807, 2.05) is 0 Å². The van der Waals surface area contributed by atoms with Gasteiger partial charge in [-0.15, -0.1) is 0 Å². The molecule has 0 aliphatic heterocycles. The van der Waals surface area contributed by atoms with Gasteiger partial charge in [-0.05, 0) is 123 Å². The fraction of sp³-hybridized carbons (Fsp3) is 0. The Morgan fingerprint density at radius 2 is 0.764 bits per heavy atom. The maximum absolute atomic E-state index is 6.58. The summed E-state index contributed by atoms with van der Waals surface area (Å²) >= 11 is 0. The van der Waals surface area contributed by atoms with Crippen molar-refractivity contribution in [1.82, 2.24) is 0 Å². The van der Waals surface area contributed by atoms with E-state index >= 15 is 0 Å². The Bertz CT molecular complexity index is 3490. The molecule has 0 amide bonds. The van der Waals surface area contributed by atoms with Crippen LogP contribution in [-0.4, -0.2) is 0 Å². The van der Waals surface area contributed by atoms with Crippen molar-refractivity contribution >= 4 is 86.6 Å². The fourth-order valence-corrected chi connectivity index (χ4v) is 9.34. The van der Waals surface area contributed by atoms with E-state index in [2.05, 4.69) is 194 Å². The molecule has 0 spiro atoms. The summed E-state index contributed by atoms with van der Waals surface area (Å²) in [5.74, 6) is 0. The molecule has 0 fully saturated rings. The van der Waals surface area contributed by atoms with Crippen molar-refractivity contribution in [3.63, 3.8) is 0 Å². The number of fused-ring (bicyclic) bond motifs is 10. The molecule has 0 radical (unpaired) electrons. The number of benzene rings is 11. The standard InChI is InChI=1S/C54H32O/c1-2-14-35-32-51-50(31-34(35)13-1)49-27-25-37-30-36(24-26-40(37)54(49)55-51)39-28-29-48(42-18-6-5-17-41(39)42)53-46-21-9-7-19-44(46)52(45-20-8-10-22-47(45)53)43-23-11-15-33-12-3-4-16-38(33)43/h1-32H. The first-order valence-electron chi connectivity index (χ1n) is 19.0. The Balaban J connectivity index is 1.07. The highest BCUT2D eigenvalue weighted by atomic mass is 16.3. The molecule has 55 heavy (non-hydrogen) atoms. The minimum absolute atomic E-state index is 0.928. The molecule has 0 atom stereocenters. The third-order valence-electron chi connectivity index (χ3n) is 11.8. The van der Waals surface area contributed by atoms with Gasteiger partial charge in [-0.3, -0.25) is 0 Å². The van der Waals surface area contributed by atoms with Crippen LogP contribution in [0.4, 0.5) is 0 Å². The molecule has 0 saturated heterocycles. The Labute approximate surface area is 317 Å². The summed E-state index contributed by atoms with van der Waals surface area (Å²) in [6.45, 7) is 0. The van der Waals surface area contributed by atoms with E-state index in [0.717, 1.165) is 27.3 Å². The van der Waals surface area contributed by atoms with Gasteiger partial charge in [-0.25, -0.2) is 0 Å². The molecule has 0 aliphatic rings. The van der Waals surface area contributed by atoms with Crippen LogP contribution in [0.15, 0.2) is 199 Å². The van der Waals surface area contributed by atoms with Gasteiger partial charge in [0.1, 0.15) is 11.2 Å². The van der Waals surface area contributed by atoms with Gasteiger partial charge in [-0.1, -0.05) is 164 Å². The van der Waals surface area contributed by atoms with Crippen molar-refractivity contribution in [1.29, 1.82) is 0 Å². The van der Waals surface area contributed by atoms with E-state index in [1.165, 1.54) is 92.6 Å². The number of furan rings is 1. The molecule has 0 bridgehead atoms. The molecule has 1 aromatic heterocycles. The topological polar surface area (TPSA) is 13.1 Å². The van der Waals surface area contributed by atoms with Crippen LogP contribution in [0.3, 0.4) is 0 Å². The van der Waals surface area contributed by atoms with Crippen molar-refractivity contribution < 1.29 is 4.42 Å². The van der Waals surface area contributed by atoms with Crippen molar-refractivity contribution in [2.45, 2.75) is 0 Å². The van der Waals surface area contributed by atoms with E-state index in [9.17, 15) is 0 Å². The Hall–Kier alpha value is -7.22. The van der Waals surface area contributed by atoms with Gasteiger partial charge in [-0.2, -0.15) is 0 Å². The predicted octanol–water partition coefficient (Wildman–Crippen LogP) is 15.5. The molecule has 11 aromatic carbocycles. The first kappa shape index (κ1) is 30.3. The van der Waals surface area contributed by atoms with Gasteiger partial charge in [0.2, 0.25) is 0 Å². The molecule has 0 aliphatic carbocycles. The fourth-order valence-electron chi connectivity index (χ4n) is 9.34. The van der Waals surface area contributed by atoms with Gasteiger partial charge in [0.25, 0.3) is 0 Å². The monoisotopic (exact) mass is 696 g/mol. The molecule has 0 N–H and O–H groups in total. The number of hydrogen-bond acceptors (Lipinski definition) is 1. The molecular weight excluding hydrogens is 665 g/mol. The quantitative estimate of drug-likeness (QED) is 0.168. The largest absolute Gasteiger partial charge is 0.455 e. The van der Waals surface area contributed by atoms with Crippen LogP contribution in [-0.2, 0) is 0 Å². The van der Waals surface area contributed by atoms with Crippen LogP contribution >= 0.6 is 0 Å². The molecule has 254 valence electrons. The maximum Gasteiger partial charge on any atom is 0.143 e. The van der Waals surface area contributed by atoms with Gasteiger partial charge >= 0.3 is 0 Å². The number of hydrogen-bond donors (Lipinski definition) is 0.